The molecule has 5 rings (SSSR count). The third kappa shape index (κ3) is 2.37. The molecule has 0 aliphatic rings. The number of aromatic nitrogens is 2. The molecule has 0 fully saturated rings. The highest BCUT2D eigenvalue weighted by molar-refractivity contribution is 5.94. The Bertz CT molecular complexity index is 1150. The van der Waals surface area contributed by atoms with Crippen LogP contribution in [0.3, 0.4) is 0 Å². The number of pyridine rings is 1. The zero-order chi connectivity index (χ0) is 16.6. The first-order valence-electron chi connectivity index (χ1n) is 8.19. The molecule has 118 valence electrons. The molecule has 0 N–H and O–H groups in total. The molecule has 2 heterocycles. The monoisotopic (exact) mass is 322 g/mol. The molecule has 3 aromatic carbocycles. The second-order valence-electron chi connectivity index (χ2n) is 5.94. The Labute approximate surface area is 144 Å². The first kappa shape index (κ1) is 13.9. The highest BCUT2D eigenvalue weighted by Crippen LogP contribution is 2.29. The van der Waals surface area contributed by atoms with Crippen LogP contribution in [-0.2, 0) is 0 Å². The standard InChI is InChI=1S/C22H14N2O/c1-2-6-18-15(5-1)13-14-23-21(18)16-9-11-17(12-10-16)22-24-19-7-3-4-8-20(19)25-22/h1-14H. The molecule has 0 atom stereocenters. The van der Waals surface area contributed by atoms with E-state index in [4.69, 9.17) is 4.42 Å². The van der Waals surface area contributed by atoms with Crippen molar-refractivity contribution >= 4 is 21.9 Å². The predicted octanol–water partition coefficient (Wildman–Crippen LogP) is 5.71. The zero-order valence-corrected chi connectivity index (χ0v) is 13.4. The van der Waals surface area contributed by atoms with E-state index in [-0.39, 0.29) is 0 Å². The van der Waals surface area contributed by atoms with Crippen molar-refractivity contribution in [2.45, 2.75) is 0 Å². The van der Waals surface area contributed by atoms with Gasteiger partial charge in [-0.2, -0.15) is 0 Å². The first-order chi connectivity index (χ1) is 12.4. The SMILES string of the molecule is c1ccc2c(-c3ccc(-c4nc5ccccc5o4)cc3)nccc2c1. The summed E-state index contributed by atoms with van der Waals surface area (Å²) in [6.07, 6.45) is 1.85. The van der Waals surface area contributed by atoms with Crippen molar-refractivity contribution < 1.29 is 4.42 Å². The van der Waals surface area contributed by atoms with Crippen LogP contribution >= 0.6 is 0 Å². The topological polar surface area (TPSA) is 38.9 Å². The predicted molar refractivity (Wildman–Crippen MR) is 100 cm³/mol. The third-order valence-corrected chi connectivity index (χ3v) is 4.37. The van der Waals surface area contributed by atoms with Gasteiger partial charge in [-0.1, -0.05) is 48.5 Å². The van der Waals surface area contributed by atoms with Crippen LogP contribution in [0.15, 0.2) is 89.5 Å². The van der Waals surface area contributed by atoms with Crippen LogP contribution in [-0.4, -0.2) is 9.97 Å². The molecule has 0 bridgehead atoms. The zero-order valence-electron chi connectivity index (χ0n) is 13.4. The van der Waals surface area contributed by atoms with Gasteiger partial charge in [0.05, 0.1) is 5.69 Å². The summed E-state index contributed by atoms with van der Waals surface area (Å²) >= 11 is 0. The molecular formula is C22H14N2O. The van der Waals surface area contributed by atoms with E-state index in [1.165, 1.54) is 5.39 Å². The van der Waals surface area contributed by atoms with Crippen LogP contribution in [0.5, 0.6) is 0 Å². The molecular weight excluding hydrogens is 308 g/mol. The average Bonchev–Trinajstić information content (AvgIpc) is 3.12. The molecule has 5 aromatic rings. The van der Waals surface area contributed by atoms with E-state index in [0.717, 1.165) is 33.3 Å². The Balaban J connectivity index is 1.59. The lowest BCUT2D eigenvalue weighted by Gasteiger charge is -2.06. The Morgan fingerprint density at radius 2 is 1.44 bits per heavy atom. The van der Waals surface area contributed by atoms with Gasteiger partial charge in [0.15, 0.2) is 5.58 Å². The second kappa shape index (κ2) is 5.56. The minimum absolute atomic E-state index is 0.638. The van der Waals surface area contributed by atoms with E-state index in [1.54, 1.807) is 0 Å². The maximum Gasteiger partial charge on any atom is 0.227 e. The van der Waals surface area contributed by atoms with E-state index in [0.29, 0.717) is 5.89 Å². The smallest absolute Gasteiger partial charge is 0.227 e. The number of para-hydroxylation sites is 2. The van der Waals surface area contributed by atoms with Crippen molar-refractivity contribution in [3.05, 3.63) is 85.1 Å². The van der Waals surface area contributed by atoms with Crippen molar-refractivity contribution in [1.82, 2.24) is 9.97 Å². The summed E-state index contributed by atoms with van der Waals surface area (Å²) in [7, 11) is 0. The van der Waals surface area contributed by atoms with Gasteiger partial charge in [-0.05, 0) is 35.7 Å². The Morgan fingerprint density at radius 1 is 0.680 bits per heavy atom. The summed E-state index contributed by atoms with van der Waals surface area (Å²) in [6, 6.07) is 26.3. The lowest BCUT2D eigenvalue weighted by atomic mass is 10.0. The summed E-state index contributed by atoms with van der Waals surface area (Å²) in [5.74, 6) is 0.638. The average molecular weight is 322 g/mol. The number of rotatable bonds is 2. The van der Waals surface area contributed by atoms with Crippen LogP contribution < -0.4 is 0 Å². The quantitative estimate of drug-likeness (QED) is 0.418. The Morgan fingerprint density at radius 3 is 2.32 bits per heavy atom. The van der Waals surface area contributed by atoms with Gasteiger partial charge in [-0.25, -0.2) is 4.98 Å². The van der Waals surface area contributed by atoms with E-state index in [9.17, 15) is 0 Å². The van der Waals surface area contributed by atoms with Crippen LogP contribution in [0.25, 0.3) is 44.6 Å². The number of benzene rings is 3. The van der Waals surface area contributed by atoms with E-state index >= 15 is 0 Å². The van der Waals surface area contributed by atoms with Gasteiger partial charge in [0.1, 0.15) is 5.52 Å². The van der Waals surface area contributed by atoms with Crippen LogP contribution in [0.4, 0.5) is 0 Å². The minimum atomic E-state index is 0.638. The molecule has 0 unspecified atom stereocenters. The number of oxazole rings is 1. The van der Waals surface area contributed by atoms with Crippen LogP contribution in [0.2, 0.25) is 0 Å². The van der Waals surface area contributed by atoms with Gasteiger partial charge >= 0.3 is 0 Å². The van der Waals surface area contributed by atoms with Crippen molar-refractivity contribution in [1.29, 1.82) is 0 Å². The van der Waals surface area contributed by atoms with Gasteiger partial charge in [-0.3, -0.25) is 4.98 Å². The lowest BCUT2D eigenvalue weighted by molar-refractivity contribution is 0.620. The van der Waals surface area contributed by atoms with E-state index in [2.05, 4.69) is 34.2 Å². The molecule has 0 aliphatic heterocycles. The fourth-order valence-corrected chi connectivity index (χ4v) is 3.12. The fraction of sp³-hybridized carbons (Fsp3) is 0. The summed E-state index contributed by atoms with van der Waals surface area (Å²) < 4.78 is 5.84. The van der Waals surface area contributed by atoms with Gasteiger partial charge < -0.3 is 4.42 Å². The summed E-state index contributed by atoms with van der Waals surface area (Å²) in [5.41, 5.74) is 4.70. The Hall–Kier alpha value is -3.46. The molecule has 0 spiro atoms. The molecule has 2 aromatic heterocycles. The molecule has 0 radical (unpaired) electrons. The molecule has 25 heavy (non-hydrogen) atoms. The summed E-state index contributed by atoms with van der Waals surface area (Å²) in [6.45, 7) is 0. The molecule has 0 saturated carbocycles. The normalized spacial score (nSPS) is 11.2. The fourth-order valence-electron chi connectivity index (χ4n) is 3.12. The lowest BCUT2D eigenvalue weighted by Crippen LogP contribution is -1.86. The number of fused-ring (bicyclic) bond motifs is 2. The van der Waals surface area contributed by atoms with E-state index < -0.39 is 0 Å². The van der Waals surface area contributed by atoms with Gasteiger partial charge in [-0.15, -0.1) is 0 Å². The van der Waals surface area contributed by atoms with Crippen molar-refractivity contribution in [2.24, 2.45) is 0 Å². The maximum absolute atomic E-state index is 5.84. The molecule has 0 saturated heterocycles. The van der Waals surface area contributed by atoms with E-state index in [1.807, 2.05) is 60.8 Å². The maximum atomic E-state index is 5.84. The number of nitrogens with zero attached hydrogens (tertiary/aromatic N) is 2. The highest BCUT2D eigenvalue weighted by Gasteiger charge is 2.09. The van der Waals surface area contributed by atoms with Crippen molar-refractivity contribution in [2.75, 3.05) is 0 Å². The summed E-state index contributed by atoms with van der Waals surface area (Å²) in [5, 5.41) is 2.34. The van der Waals surface area contributed by atoms with Gasteiger partial charge in [0.2, 0.25) is 5.89 Å². The second-order valence-corrected chi connectivity index (χ2v) is 5.94. The van der Waals surface area contributed by atoms with Gasteiger partial charge in [0.25, 0.3) is 0 Å². The molecule has 0 aliphatic carbocycles. The van der Waals surface area contributed by atoms with Crippen molar-refractivity contribution in [3.63, 3.8) is 0 Å². The highest BCUT2D eigenvalue weighted by atomic mass is 16.3. The number of hydrogen-bond acceptors (Lipinski definition) is 3. The van der Waals surface area contributed by atoms with Crippen LogP contribution in [0, 0.1) is 0 Å². The Kier molecular flexibility index (Phi) is 3.10. The molecule has 0 amide bonds. The molecule has 3 nitrogen and oxygen atoms in total. The van der Waals surface area contributed by atoms with Crippen LogP contribution in [0.1, 0.15) is 0 Å². The minimum Gasteiger partial charge on any atom is -0.436 e. The third-order valence-electron chi connectivity index (χ3n) is 4.37. The summed E-state index contributed by atoms with van der Waals surface area (Å²) in [4.78, 5) is 9.13. The first-order valence-corrected chi connectivity index (χ1v) is 8.19. The van der Waals surface area contributed by atoms with Gasteiger partial charge in [0, 0.05) is 22.7 Å². The number of hydrogen-bond donors (Lipinski definition) is 0. The van der Waals surface area contributed by atoms with Crippen molar-refractivity contribution in [3.8, 4) is 22.7 Å². The molecule has 3 heteroatoms. The largest absolute Gasteiger partial charge is 0.436 e.